The highest BCUT2D eigenvalue weighted by molar-refractivity contribution is 6.00. The number of hydrogen-bond acceptors (Lipinski definition) is 6. The van der Waals surface area contributed by atoms with E-state index in [4.69, 9.17) is 8.94 Å². The monoisotopic (exact) mass is 298 g/mol. The maximum atomic E-state index is 11.9. The molecule has 112 valence electrons. The molecule has 3 rings (SSSR count). The summed E-state index contributed by atoms with van der Waals surface area (Å²) in [5.74, 6) is 0.733. The predicted molar refractivity (Wildman–Crippen MR) is 77.3 cm³/mol. The summed E-state index contributed by atoms with van der Waals surface area (Å²) in [6.45, 7) is 1.73. The van der Waals surface area contributed by atoms with E-state index in [2.05, 4.69) is 20.7 Å². The van der Waals surface area contributed by atoms with Gasteiger partial charge in [-0.3, -0.25) is 10.1 Å². The number of aryl methyl sites for hydroxylation is 3. The van der Waals surface area contributed by atoms with Crippen LogP contribution in [0.2, 0.25) is 0 Å². The van der Waals surface area contributed by atoms with Gasteiger partial charge in [-0.05, 0) is 18.9 Å². The van der Waals surface area contributed by atoms with Crippen molar-refractivity contribution in [2.75, 3.05) is 5.32 Å². The lowest BCUT2D eigenvalue weighted by Gasteiger charge is -1.97. The standard InChI is InChI=1S/C15H14N4O3/c1-10-9-12(19-22-10)16-14(20)15-18-17-13(21-15)8-7-11-5-3-2-4-6-11/h2-6,9H,7-8H2,1H3,(H,16,19,20). The van der Waals surface area contributed by atoms with Gasteiger partial charge in [-0.25, -0.2) is 0 Å². The van der Waals surface area contributed by atoms with E-state index >= 15 is 0 Å². The Hall–Kier alpha value is -2.96. The molecule has 2 aromatic heterocycles. The number of benzene rings is 1. The lowest BCUT2D eigenvalue weighted by atomic mass is 10.1. The van der Waals surface area contributed by atoms with E-state index < -0.39 is 5.91 Å². The fraction of sp³-hybridized carbons (Fsp3) is 0.200. The summed E-state index contributed by atoms with van der Waals surface area (Å²) >= 11 is 0. The van der Waals surface area contributed by atoms with Gasteiger partial charge in [0, 0.05) is 12.5 Å². The molecule has 2 heterocycles. The van der Waals surface area contributed by atoms with Crippen molar-refractivity contribution in [1.82, 2.24) is 15.4 Å². The molecule has 7 nitrogen and oxygen atoms in total. The highest BCUT2D eigenvalue weighted by Crippen LogP contribution is 2.10. The predicted octanol–water partition coefficient (Wildman–Crippen LogP) is 2.40. The van der Waals surface area contributed by atoms with Crippen LogP contribution in [0, 0.1) is 6.92 Å². The van der Waals surface area contributed by atoms with E-state index in [0.29, 0.717) is 23.9 Å². The average Bonchev–Trinajstić information content (AvgIpc) is 3.15. The number of nitrogens with one attached hydrogen (secondary N) is 1. The Bertz CT molecular complexity index is 764. The smallest absolute Gasteiger partial charge is 0.314 e. The highest BCUT2D eigenvalue weighted by Gasteiger charge is 2.16. The first-order chi connectivity index (χ1) is 10.7. The molecule has 7 heteroatoms. The third kappa shape index (κ3) is 3.38. The number of nitrogens with zero attached hydrogens (tertiary/aromatic N) is 3. The van der Waals surface area contributed by atoms with Crippen LogP contribution >= 0.6 is 0 Å². The summed E-state index contributed by atoms with van der Waals surface area (Å²) in [6.07, 6.45) is 1.35. The molecule has 0 aliphatic carbocycles. The number of anilines is 1. The van der Waals surface area contributed by atoms with Crippen molar-refractivity contribution in [3.05, 3.63) is 59.5 Å². The molecule has 0 fully saturated rings. The van der Waals surface area contributed by atoms with Crippen LogP contribution in [0.15, 0.2) is 45.3 Å². The van der Waals surface area contributed by atoms with Gasteiger partial charge in [-0.1, -0.05) is 35.5 Å². The zero-order chi connectivity index (χ0) is 15.4. The number of aromatic nitrogens is 3. The molecule has 0 bridgehead atoms. The molecule has 22 heavy (non-hydrogen) atoms. The number of carbonyl (C=O) groups is 1. The van der Waals surface area contributed by atoms with Crippen LogP contribution in [0.5, 0.6) is 0 Å². The molecule has 1 N–H and O–H groups in total. The summed E-state index contributed by atoms with van der Waals surface area (Å²) in [4.78, 5) is 11.9. The third-order valence-electron chi connectivity index (χ3n) is 3.00. The van der Waals surface area contributed by atoms with Crippen molar-refractivity contribution >= 4 is 11.7 Å². The molecule has 0 atom stereocenters. The molecule has 0 spiro atoms. The Morgan fingerprint density at radius 2 is 2.00 bits per heavy atom. The van der Waals surface area contributed by atoms with Crippen molar-refractivity contribution < 1.29 is 13.7 Å². The SMILES string of the molecule is Cc1cc(NC(=O)c2nnc(CCc3ccccc3)o2)no1. The minimum Gasteiger partial charge on any atom is -0.417 e. The van der Waals surface area contributed by atoms with E-state index in [0.717, 1.165) is 6.42 Å². The lowest BCUT2D eigenvalue weighted by Crippen LogP contribution is -2.12. The van der Waals surface area contributed by atoms with Gasteiger partial charge in [0.2, 0.25) is 5.89 Å². The van der Waals surface area contributed by atoms with E-state index in [1.165, 1.54) is 5.56 Å². The first kappa shape index (κ1) is 14.0. The van der Waals surface area contributed by atoms with Crippen LogP contribution in [-0.2, 0) is 12.8 Å². The van der Waals surface area contributed by atoms with Gasteiger partial charge in [-0.2, -0.15) is 0 Å². The number of carbonyl (C=O) groups excluding carboxylic acids is 1. The average molecular weight is 298 g/mol. The fourth-order valence-electron chi connectivity index (χ4n) is 1.94. The molecule has 0 saturated heterocycles. The second-order valence-electron chi connectivity index (χ2n) is 4.76. The molecule has 0 aliphatic rings. The van der Waals surface area contributed by atoms with Crippen LogP contribution in [0.3, 0.4) is 0 Å². The van der Waals surface area contributed by atoms with Gasteiger partial charge < -0.3 is 8.94 Å². The maximum absolute atomic E-state index is 11.9. The lowest BCUT2D eigenvalue weighted by molar-refractivity contribution is 0.0987. The van der Waals surface area contributed by atoms with Gasteiger partial charge in [0.25, 0.3) is 0 Å². The van der Waals surface area contributed by atoms with Crippen LogP contribution in [0.25, 0.3) is 0 Å². The molecule has 0 radical (unpaired) electrons. The summed E-state index contributed by atoms with van der Waals surface area (Å²) in [5.41, 5.74) is 1.17. The molecular formula is C15H14N4O3. The summed E-state index contributed by atoms with van der Waals surface area (Å²) in [6, 6.07) is 11.6. The first-order valence-electron chi connectivity index (χ1n) is 6.82. The van der Waals surface area contributed by atoms with Gasteiger partial charge >= 0.3 is 11.8 Å². The van der Waals surface area contributed by atoms with E-state index in [9.17, 15) is 4.79 Å². The zero-order valence-corrected chi connectivity index (χ0v) is 11.9. The van der Waals surface area contributed by atoms with Crippen molar-refractivity contribution in [1.29, 1.82) is 0 Å². The normalized spacial score (nSPS) is 10.6. The Morgan fingerprint density at radius 3 is 2.73 bits per heavy atom. The summed E-state index contributed by atoms with van der Waals surface area (Å²) in [5, 5.41) is 13.8. The summed E-state index contributed by atoms with van der Waals surface area (Å²) < 4.78 is 10.2. The maximum Gasteiger partial charge on any atom is 0.314 e. The Morgan fingerprint density at radius 1 is 1.18 bits per heavy atom. The Balaban J connectivity index is 1.59. The van der Waals surface area contributed by atoms with Gasteiger partial charge in [-0.15, -0.1) is 10.2 Å². The van der Waals surface area contributed by atoms with Gasteiger partial charge in [0.05, 0.1) is 0 Å². The van der Waals surface area contributed by atoms with Gasteiger partial charge in [0.15, 0.2) is 5.82 Å². The molecule has 0 aliphatic heterocycles. The fourth-order valence-corrected chi connectivity index (χ4v) is 1.94. The molecule has 0 unspecified atom stereocenters. The Kier molecular flexibility index (Phi) is 3.95. The molecule has 1 amide bonds. The molecule has 3 aromatic rings. The topological polar surface area (TPSA) is 94.1 Å². The Labute approximate surface area is 126 Å². The minimum atomic E-state index is -0.508. The van der Waals surface area contributed by atoms with Crippen LogP contribution in [0.1, 0.15) is 27.9 Å². The quantitative estimate of drug-likeness (QED) is 0.777. The van der Waals surface area contributed by atoms with Crippen molar-refractivity contribution in [2.24, 2.45) is 0 Å². The van der Waals surface area contributed by atoms with Crippen molar-refractivity contribution in [3.63, 3.8) is 0 Å². The van der Waals surface area contributed by atoms with Crippen LogP contribution < -0.4 is 5.32 Å². The second kappa shape index (κ2) is 6.21. The molecular weight excluding hydrogens is 284 g/mol. The third-order valence-corrected chi connectivity index (χ3v) is 3.00. The van der Waals surface area contributed by atoms with E-state index in [1.807, 2.05) is 30.3 Å². The zero-order valence-electron chi connectivity index (χ0n) is 11.9. The van der Waals surface area contributed by atoms with Crippen LogP contribution in [0.4, 0.5) is 5.82 Å². The first-order valence-corrected chi connectivity index (χ1v) is 6.82. The highest BCUT2D eigenvalue weighted by atomic mass is 16.5. The van der Waals surface area contributed by atoms with Crippen molar-refractivity contribution in [2.45, 2.75) is 19.8 Å². The van der Waals surface area contributed by atoms with Crippen molar-refractivity contribution in [3.8, 4) is 0 Å². The van der Waals surface area contributed by atoms with Crippen LogP contribution in [-0.4, -0.2) is 21.3 Å². The van der Waals surface area contributed by atoms with E-state index in [1.54, 1.807) is 13.0 Å². The second-order valence-corrected chi connectivity index (χ2v) is 4.76. The number of hydrogen-bond donors (Lipinski definition) is 1. The largest absolute Gasteiger partial charge is 0.417 e. The minimum absolute atomic E-state index is 0.0938. The van der Waals surface area contributed by atoms with Gasteiger partial charge in [0.1, 0.15) is 5.76 Å². The summed E-state index contributed by atoms with van der Waals surface area (Å²) in [7, 11) is 0. The molecule has 1 aromatic carbocycles. The number of amides is 1. The van der Waals surface area contributed by atoms with E-state index in [-0.39, 0.29) is 5.89 Å². The molecule has 0 saturated carbocycles. The number of rotatable bonds is 5.